The van der Waals surface area contributed by atoms with Crippen LogP contribution in [0, 0.1) is 0 Å². The summed E-state index contributed by atoms with van der Waals surface area (Å²) >= 11 is 4.82. The second-order valence-electron chi connectivity index (χ2n) is 5.89. The fraction of sp³-hybridized carbons (Fsp3) is 0.222. The molecule has 0 saturated carbocycles. The van der Waals surface area contributed by atoms with Crippen molar-refractivity contribution >= 4 is 53.2 Å². The Bertz CT molecular complexity index is 1120. The van der Waals surface area contributed by atoms with Crippen LogP contribution in [0.15, 0.2) is 58.0 Å². The highest BCUT2D eigenvalue weighted by Gasteiger charge is 2.14. The van der Waals surface area contributed by atoms with Gasteiger partial charge >= 0.3 is 0 Å². The molecule has 3 rings (SSSR count). The van der Waals surface area contributed by atoms with Crippen LogP contribution >= 0.6 is 27.3 Å². The number of carbonyl (C=O) groups is 1. The van der Waals surface area contributed by atoms with Crippen LogP contribution in [0.3, 0.4) is 0 Å². The predicted octanol–water partition coefficient (Wildman–Crippen LogP) is 3.43. The number of carbonyl (C=O) groups excluding carboxylic acids is 1. The van der Waals surface area contributed by atoms with Crippen LogP contribution in [0.2, 0.25) is 0 Å². The molecule has 0 fully saturated rings. The summed E-state index contributed by atoms with van der Waals surface area (Å²) in [5.41, 5.74) is 1.69. The van der Waals surface area contributed by atoms with Gasteiger partial charge in [0, 0.05) is 17.9 Å². The van der Waals surface area contributed by atoms with E-state index in [9.17, 15) is 13.2 Å². The SMILES string of the molecule is Cn1c(=NC(=O)CCS(=O)(=O)Cc2ccccc2)sc2cc(Br)ccc21. The molecule has 0 bridgehead atoms. The zero-order valence-electron chi connectivity index (χ0n) is 14.1. The van der Waals surface area contributed by atoms with Crippen molar-refractivity contribution in [3.8, 4) is 0 Å². The number of aromatic nitrogens is 1. The molecule has 0 aliphatic carbocycles. The van der Waals surface area contributed by atoms with Gasteiger partial charge in [0.15, 0.2) is 14.6 Å². The van der Waals surface area contributed by atoms with Crippen LogP contribution in [-0.2, 0) is 27.4 Å². The van der Waals surface area contributed by atoms with Crippen LogP contribution in [0.4, 0.5) is 0 Å². The molecule has 8 heteroatoms. The Hall–Kier alpha value is -1.77. The molecule has 0 saturated heterocycles. The van der Waals surface area contributed by atoms with Crippen molar-refractivity contribution in [3.05, 3.63) is 63.4 Å². The molecule has 26 heavy (non-hydrogen) atoms. The molecule has 0 aliphatic heterocycles. The Morgan fingerprint density at radius 2 is 1.92 bits per heavy atom. The summed E-state index contributed by atoms with van der Waals surface area (Å²) in [4.78, 5) is 16.8. The molecule has 0 unspecified atom stereocenters. The van der Waals surface area contributed by atoms with Gasteiger partial charge in [0.2, 0.25) is 5.91 Å². The molecule has 0 atom stereocenters. The van der Waals surface area contributed by atoms with E-state index in [1.165, 1.54) is 11.3 Å². The van der Waals surface area contributed by atoms with Gasteiger partial charge in [-0.25, -0.2) is 8.42 Å². The Kier molecular flexibility index (Phi) is 5.74. The van der Waals surface area contributed by atoms with E-state index in [1.54, 1.807) is 24.3 Å². The number of amides is 1. The molecular formula is C18H17BrN2O3S2. The average Bonchev–Trinajstić information content (AvgIpc) is 2.89. The Morgan fingerprint density at radius 1 is 1.19 bits per heavy atom. The summed E-state index contributed by atoms with van der Waals surface area (Å²) in [5, 5.41) is 0. The van der Waals surface area contributed by atoms with Gasteiger partial charge in [0.25, 0.3) is 0 Å². The Morgan fingerprint density at radius 3 is 2.65 bits per heavy atom. The third-order valence-corrected chi connectivity index (χ3v) is 7.04. The fourth-order valence-corrected chi connectivity index (χ4v) is 5.44. The third kappa shape index (κ3) is 4.69. The first-order chi connectivity index (χ1) is 12.3. The smallest absolute Gasteiger partial charge is 0.249 e. The zero-order valence-corrected chi connectivity index (χ0v) is 17.3. The zero-order chi connectivity index (χ0) is 18.7. The minimum atomic E-state index is -3.35. The molecule has 1 heterocycles. The molecule has 0 N–H and O–H groups in total. The predicted molar refractivity (Wildman–Crippen MR) is 108 cm³/mol. The van der Waals surface area contributed by atoms with Crippen LogP contribution in [0.25, 0.3) is 10.2 Å². The van der Waals surface area contributed by atoms with Gasteiger partial charge in [0.1, 0.15) is 0 Å². The maximum absolute atomic E-state index is 12.2. The van der Waals surface area contributed by atoms with Crippen molar-refractivity contribution in [1.29, 1.82) is 0 Å². The van der Waals surface area contributed by atoms with Gasteiger partial charge in [0.05, 0.1) is 21.7 Å². The van der Waals surface area contributed by atoms with Crippen molar-refractivity contribution in [2.75, 3.05) is 5.75 Å². The lowest BCUT2D eigenvalue weighted by atomic mass is 10.2. The molecule has 0 aliphatic rings. The number of sulfone groups is 1. The highest BCUT2D eigenvalue weighted by atomic mass is 79.9. The summed E-state index contributed by atoms with van der Waals surface area (Å²) in [6, 6.07) is 14.8. The van der Waals surface area contributed by atoms with Crippen molar-refractivity contribution in [2.24, 2.45) is 12.0 Å². The van der Waals surface area contributed by atoms with Crippen LogP contribution < -0.4 is 4.80 Å². The number of hydrogen-bond acceptors (Lipinski definition) is 4. The summed E-state index contributed by atoms with van der Waals surface area (Å²) in [5.74, 6) is -0.696. The maximum atomic E-state index is 12.2. The lowest BCUT2D eigenvalue weighted by Gasteiger charge is -2.02. The van der Waals surface area contributed by atoms with E-state index in [2.05, 4.69) is 20.9 Å². The van der Waals surface area contributed by atoms with Gasteiger partial charge in [-0.1, -0.05) is 57.6 Å². The Labute approximate surface area is 164 Å². The van der Waals surface area contributed by atoms with Crippen molar-refractivity contribution < 1.29 is 13.2 Å². The first-order valence-electron chi connectivity index (χ1n) is 7.91. The molecule has 1 aromatic heterocycles. The van der Waals surface area contributed by atoms with Gasteiger partial charge in [-0.05, 0) is 23.8 Å². The number of fused-ring (bicyclic) bond motifs is 1. The van der Waals surface area contributed by atoms with Crippen molar-refractivity contribution in [3.63, 3.8) is 0 Å². The minimum Gasteiger partial charge on any atom is -0.319 e. The summed E-state index contributed by atoms with van der Waals surface area (Å²) in [7, 11) is -1.51. The van der Waals surface area contributed by atoms with Gasteiger partial charge in [-0.2, -0.15) is 4.99 Å². The molecule has 2 aromatic carbocycles. The normalized spacial score (nSPS) is 12.6. The minimum absolute atomic E-state index is 0.0637. The van der Waals surface area contributed by atoms with Crippen LogP contribution in [0.1, 0.15) is 12.0 Å². The summed E-state index contributed by atoms with van der Waals surface area (Å²) in [6.45, 7) is 0. The number of halogens is 1. The standard InChI is InChI=1S/C18H17BrN2O3S2/c1-21-15-8-7-14(19)11-16(15)25-18(21)20-17(22)9-10-26(23,24)12-13-5-3-2-4-6-13/h2-8,11H,9-10,12H2,1H3. The van der Waals surface area contributed by atoms with E-state index >= 15 is 0 Å². The lowest BCUT2D eigenvalue weighted by molar-refractivity contribution is -0.117. The van der Waals surface area contributed by atoms with E-state index in [0.717, 1.165) is 20.3 Å². The molecule has 0 spiro atoms. The van der Waals surface area contributed by atoms with E-state index in [0.29, 0.717) is 4.80 Å². The summed E-state index contributed by atoms with van der Waals surface area (Å²) in [6.07, 6.45) is -0.118. The van der Waals surface area contributed by atoms with E-state index in [1.807, 2.05) is 35.9 Å². The molecule has 3 aromatic rings. The average molecular weight is 453 g/mol. The summed E-state index contributed by atoms with van der Waals surface area (Å²) < 4.78 is 28.2. The topological polar surface area (TPSA) is 68.5 Å². The largest absolute Gasteiger partial charge is 0.319 e. The van der Waals surface area contributed by atoms with Crippen LogP contribution in [0.5, 0.6) is 0 Å². The highest BCUT2D eigenvalue weighted by molar-refractivity contribution is 9.10. The van der Waals surface area contributed by atoms with Gasteiger partial charge in [-0.3, -0.25) is 4.79 Å². The number of thiazole rings is 1. The number of rotatable bonds is 5. The number of aryl methyl sites for hydroxylation is 1. The number of hydrogen-bond donors (Lipinski definition) is 0. The van der Waals surface area contributed by atoms with E-state index in [-0.39, 0.29) is 17.9 Å². The van der Waals surface area contributed by atoms with E-state index in [4.69, 9.17) is 0 Å². The fourth-order valence-electron chi connectivity index (χ4n) is 2.52. The van der Waals surface area contributed by atoms with Crippen molar-refractivity contribution in [2.45, 2.75) is 12.2 Å². The number of nitrogens with zero attached hydrogens (tertiary/aromatic N) is 2. The highest BCUT2D eigenvalue weighted by Crippen LogP contribution is 2.21. The molecular weight excluding hydrogens is 436 g/mol. The van der Waals surface area contributed by atoms with Crippen molar-refractivity contribution in [1.82, 2.24) is 4.57 Å². The second-order valence-corrected chi connectivity index (χ2v) is 10.00. The number of benzene rings is 2. The molecule has 136 valence electrons. The van der Waals surface area contributed by atoms with Gasteiger partial charge < -0.3 is 4.57 Å². The van der Waals surface area contributed by atoms with E-state index < -0.39 is 15.7 Å². The maximum Gasteiger partial charge on any atom is 0.249 e. The molecule has 0 radical (unpaired) electrons. The first kappa shape index (κ1) is 19.0. The Balaban J connectivity index is 1.72. The molecule has 1 amide bonds. The van der Waals surface area contributed by atoms with Gasteiger partial charge in [-0.15, -0.1) is 0 Å². The third-order valence-electron chi connectivity index (χ3n) is 3.85. The second kappa shape index (κ2) is 7.85. The van der Waals surface area contributed by atoms with Crippen LogP contribution in [-0.4, -0.2) is 24.6 Å². The first-order valence-corrected chi connectivity index (χ1v) is 11.3. The lowest BCUT2D eigenvalue weighted by Crippen LogP contribution is -2.16. The molecule has 5 nitrogen and oxygen atoms in total. The quantitative estimate of drug-likeness (QED) is 0.595. The monoisotopic (exact) mass is 452 g/mol.